The fourth-order valence-electron chi connectivity index (χ4n) is 0.464. The van der Waals surface area contributed by atoms with Crippen molar-refractivity contribution in [2.75, 3.05) is 18.7 Å². The lowest BCUT2D eigenvalue weighted by atomic mass is 10.7. The van der Waals surface area contributed by atoms with Gasteiger partial charge in [0.05, 0.1) is 0 Å². The number of hydrogen-bond donors (Lipinski definition) is 1. The molecule has 0 saturated carbocycles. The fraction of sp³-hybridized carbons (Fsp3) is 0.500. The minimum absolute atomic E-state index is 0.463. The van der Waals surface area contributed by atoms with E-state index < -0.39 is 18.3 Å². The Hall–Kier alpha value is 0.0700. The van der Waals surface area contributed by atoms with Gasteiger partial charge in [-0.3, -0.25) is 14.4 Å². The number of amides is 1. The molecule has 76 valence electrons. The van der Waals surface area contributed by atoms with Crippen LogP contribution in [0.2, 0.25) is 0 Å². The average molecular weight is 243 g/mol. The minimum atomic E-state index is -2.87. The van der Waals surface area contributed by atoms with Gasteiger partial charge in [-0.05, 0) is 6.26 Å². The Morgan fingerprint density at radius 3 is 2.77 bits per heavy atom. The Morgan fingerprint density at radius 2 is 2.38 bits per heavy atom. The molecule has 1 atom stereocenters. The zero-order chi connectivity index (χ0) is 10.3. The zero-order valence-electron chi connectivity index (χ0n) is 7.16. The lowest BCUT2D eigenvalue weighted by molar-refractivity contribution is -0.120. The van der Waals surface area contributed by atoms with Crippen molar-refractivity contribution < 1.29 is 13.8 Å². The number of alkyl halides is 1. The molecule has 1 N–H and O–H groups in total. The quantitative estimate of drug-likeness (QED) is 0.575. The predicted molar refractivity (Wildman–Crippen MR) is 57.9 cm³/mol. The Bertz CT molecular complexity index is 237. The molecule has 3 nitrogen and oxygen atoms in total. The summed E-state index contributed by atoms with van der Waals surface area (Å²) in [6.45, 7) is 2.32. The molecule has 0 aliphatic carbocycles. The SMILES string of the molecule is C=CCSP(=O)(NC(=O)CF)SC. The van der Waals surface area contributed by atoms with Gasteiger partial charge in [0.1, 0.15) is 0 Å². The molecular weight excluding hydrogens is 232 g/mol. The van der Waals surface area contributed by atoms with Gasteiger partial charge < -0.3 is 0 Å². The third-order valence-electron chi connectivity index (χ3n) is 0.986. The van der Waals surface area contributed by atoms with Crippen LogP contribution in [0.15, 0.2) is 12.7 Å². The Kier molecular flexibility index (Phi) is 6.55. The summed E-state index contributed by atoms with van der Waals surface area (Å²) in [7, 11) is 0. The first kappa shape index (κ1) is 13.1. The van der Waals surface area contributed by atoms with Gasteiger partial charge in [-0.15, -0.1) is 6.58 Å². The number of nitrogens with one attached hydrogen (secondary N) is 1. The van der Waals surface area contributed by atoms with E-state index in [9.17, 15) is 13.8 Å². The predicted octanol–water partition coefficient (Wildman–Crippen LogP) is 2.46. The molecule has 0 aromatic carbocycles. The molecule has 0 fully saturated rings. The minimum Gasteiger partial charge on any atom is -0.288 e. The molecule has 0 aromatic heterocycles. The maximum Gasteiger partial charge on any atom is 0.280 e. The van der Waals surface area contributed by atoms with E-state index in [2.05, 4.69) is 11.7 Å². The Morgan fingerprint density at radius 1 is 1.77 bits per heavy atom. The number of carbonyl (C=O) groups excluding carboxylic acids is 1. The zero-order valence-corrected chi connectivity index (χ0v) is 9.68. The third kappa shape index (κ3) is 5.39. The van der Waals surface area contributed by atoms with Crippen LogP contribution < -0.4 is 5.09 Å². The van der Waals surface area contributed by atoms with Crippen molar-refractivity contribution in [1.29, 1.82) is 0 Å². The van der Waals surface area contributed by atoms with Crippen molar-refractivity contribution in [1.82, 2.24) is 5.09 Å². The topological polar surface area (TPSA) is 46.2 Å². The highest BCUT2D eigenvalue weighted by atomic mass is 33.1. The van der Waals surface area contributed by atoms with Gasteiger partial charge in [0.2, 0.25) is 0 Å². The number of hydrogen-bond acceptors (Lipinski definition) is 4. The molecule has 0 aliphatic rings. The molecule has 0 rings (SSSR count). The fourth-order valence-corrected chi connectivity index (χ4v) is 5.19. The maximum absolute atomic E-state index is 11.8. The molecule has 0 heterocycles. The van der Waals surface area contributed by atoms with Crippen LogP contribution in [0, 0.1) is 0 Å². The third-order valence-corrected chi connectivity index (χ3v) is 8.46. The highest BCUT2D eigenvalue weighted by Gasteiger charge is 2.23. The first-order valence-electron chi connectivity index (χ1n) is 3.36. The summed E-state index contributed by atoms with van der Waals surface area (Å²) in [5.41, 5.74) is -2.87. The summed E-state index contributed by atoms with van der Waals surface area (Å²) in [6, 6.07) is 0. The first-order valence-corrected chi connectivity index (χ1v) is 8.49. The molecule has 0 aliphatic heterocycles. The first-order chi connectivity index (χ1) is 6.08. The van der Waals surface area contributed by atoms with Crippen LogP contribution in [0.1, 0.15) is 0 Å². The monoisotopic (exact) mass is 243 g/mol. The molecular formula is C6H11FNO2PS2. The summed E-state index contributed by atoms with van der Waals surface area (Å²) in [4.78, 5) is 10.6. The van der Waals surface area contributed by atoms with Crippen LogP contribution in [-0.2, 0) is 9.36 Å². The van der Waals surface area contributed by atoms with Crippen LogP contribution in [-0.4, -0.2) is 24.6 Å². The molecule has 0 radical (unpaired) electrons. The second-order valence-electron chi connectivity index (χ2n) is 1.93. The lowest BCUT2D eigenvalue weighted by Crippen LogP contribution is -2.19. The van der Waals surface area contributed by atoms with E-state index in [4.69, 9.17) is 0 Å². The van der Waals surface area contributed by atoms with E-state index in [1.807, 2.05) is 0 Å². The van der Waals surface area contributed by atoms with Crippen LogP contribution in [0.25, 0.3) is 0 Å². The molecule has 0 bridgehead atoms. The summed E-state index contributed by atoms with van der Waals surface area (Å²) < 4.78 is 23.5. The van der Waals surface area contributed by atoms with Gasteiger partial charge in [0.15, 0.2) is 6.67 Å². The highest BCUT2D eigenvalue weighted by molar-refractivity contribution is 8.90. The van der Waals surface area contributed by atoms with Crippen molar-refractivity contribution in [3.05, 3.63) is 12.7 Å². The summed E-state index contributed by atoms with van der Waals surface area (Å²) in [5.74, 6) is -0.376. The molecule has 0 saturated heterocycles. The largest absolute Gasteiger partial charge is 0.288 e. The van der Waals surface area contributed by atoms with Crippen LogP contribution in [0.4, 0.5) is 4.39 Å². The van der Waals surface area contributed by atoms with Crippen molar-refractivity contribution in [2.24, 2.45) is 0 Å². The van der Waals surface area contributed by atoms with Crippen LogP contribution in [0.3, 0.4) is 0 Å². The molecule has 13 heavy (non-hydrogen) atoms. The number of carbonyl (C=O) groups is 1. The summed E-state index contributed by atoms with van der Waals surface area (Å²) in [5, 5.41) is 2.15. The lowest BCUT2D eigenvalue weighted by Gasteiger charge is -2.13. The van der Waals surface area contributed by atoms with E-state index in [0.717, 1.165) is 22.8 Å². The van der Waals surface area contributed by atoms with Crippen LogP contribution >= 0.6 is 28.5 Å². The smallest absolute Gasteiger partial charge is 0.280 e. The maximum atomic E-state index is 11.8. The van der Waals surface area contributed by atoms with Crippen LogP contribution in [0.5, 0.6) is 0 Å². The molecule has 1 amide bonds. The molecule has 1 unspecified atom stereocenters. The van der Waals surface area contributed by atoms with E-state index in [-0.39, 0.29) is 0 Å². The summed E-state index contributed by atoms with van der Waals surface area (Å²) >= 11 is 2.10. The molecule has 0 spiro atoms. The second kappa shape index (κ2) is 6.51. The second-order valence-corrected chi connectivity index (χ2v) is 9.76. The Labute approximate surface area is 84.8 Å². The van der Waals surface area contributed by atoms with Gasteiger partial charge >= 0.3 is 0 Å². The van der Waals surface area contributed by atoms with Gasteiger partial charge in [-0.1, -0.05) is 28.8 Å². The Balaban J connectivity index is 4.19. The number of halogens is 1. The van der Waals surface area contributed by atoms with E-state index >= 15 is 0 Å². The normalized spacial score (nSPS) is 14.6. The van der Waals surface area contributed by atoms with Crippen molar-refractivity contribution in [2.45, 2.75) is 0 Å². The molecule has 0 aromatic rings. The van der Waals surface area contributed by atoms with Gasteiger partial charge in [-0.25, -0.2) is 4.39 Å². The van der Waals surface area contributed by atoms with E-state index in [1.165, 1.54) is 0 Å². The van der Waals surface area contributed by atoms with E-state index in [0.29, 0.717) is 5.75 Å². The summed E-state index contributed by atoms with van der Waals surface area (Å²) in [6.07, 6.45) is 3.19. The highest BCUT2D eigenvalue weighted by Crippen LogP contribution is 2.64. The van der Waals surface area contributed by atoms with E-state index in [1.54, 1.807) is 12.3 Å². The van der Waals surface area contributed by atoms with Crippen molar-refractivity contribution >= 4 is 34.4 Å². The number of rotatable bonds is 6. The molecule has 7 heteroatoms. The average Bonchev–Trinajstić information content (AvgIpc) is 2.14. The van der Waals surface area contributed by atoms with Gasteiger partial charge in [-0.2, -0.15) is 0 Å². The van der Waals surface area contributed by atoms with Gasteiger partial charge in [0, 0.05) is 5.75 Å². The van der Waals surface area contributed by atoms with Gasteiger partial charge in [0.25, 0.3) is 11.6 Å². The van der Waals surface area contributed by atoms with Crippen molar-refractivity contribution in [3.63, 3.8) is 0 Å². The van der Waals surface area contributed by atoms with Crippen molar-refractivity contribution in [3.8, 4) is 0 Å². The standard InChI is InChI=1S/C6H11FNO2PS2/c1-3-4-13-11(10,12-2)8-6(9)5-7/h3H,1,4-5H2,2H3,(H,8,9,10).